The summed E-state index contributed by atoms with van der Waals surface area (Å²) >= 11 is 0. The lowest BCUT2D eigenvalue weighted by Crippen LogP contribution is -2.66. The van der Waals surface area contributed by atoms with Crippen LogP contribution in [0.5, 0.6) is 0 Å². The van der Waals surface area contributed by atoms with E-state index in [1.54, 1.807) is 0 Å². The van der Waals surface area contributed by atoms with E-state index in [1.165, 1.54) is 19.4 Å². The zero-order chi connectivity index (χ0) is 46.1. The van der Waals surface area contributed by atoms with Crippen LogP contribution in [-0.2, 0) is 38.0 Å². The van der Waals surface area contributed by atoms with Gasteiger partial charge in [0, 0.05) is 30.8 Å². The van der Waals surface area contributed by atoms with Crippen molar-refractivity contribution in [3.63, 3.8) is 0 Å². The summed E-state index contributed by atoms with van der Waals surface area (Å²) in [6.07, 6.45) is -14.4. The normalized spacial score (nSPS) is 51.1. The number of hydrogen-bond acceptors (Lipinski definition) is 17. The SMILES string of the molecule is CC1O[C@@H](OC2C(O)[C@H](O[C@@H]3OC(C)[C@H](O)C(O)C3O)C(CO)O[C@H]2OC2CC[C@@]3(C)C(=CC[C@@H]4[C@@H]3CC[C@@]3(C)[C@H]4CC(=O)[C@@]3(C)[C@H](C)C(=O)CC[C@@H](C)CO)C2)C(O)C(O)[C@H]1O. The second kappa shape index (κ2) is 18.9. The van der Waals surface area contributed by atoms with E-state index >= 15 is 0 Å². The highest BCUT2D eigenvalue weighted by molar-refractivity contribution is 5.95. The summed E-state index contributed by atoms with van der Waals surface area (Å²) < 4.78 is 36.4. The van der Waals surface area contributed by atoms with Crippen molar-refractivity contribution >= 4 is 11.6 Å². The number of aliphatic hydroxyl groups excluding tert-OH is 9. The van der Waals surface area contributed by atoms with Gasteiger partial charge in [0.25, 0.3) is 0 Å². The van der Waals surface area contributed by atoms with Crippen LogP contribution in [0.15, 0.2) is 11.6 Å². The van der Waals surface area contributed by atoms with E-state index in [0.29, 0.717) is 38.0 Å². The third kappa shape index (κ3) is 8.56. The maximum absolute atomic E-state index is 14.2. The van der Waals surface area contributed by atoms with Crippen LogP contribution in [0.25, 0.3) is 0 Å². The third-order valence-electron chi connectivity index (χ3n) is 17.5. The van der Waals surface area contributed by atoms with Crippen LogP contribution in [0, 0.1) is 45.8 Å². The van der Waals surface area contributed by atoms with Gasteiger partial charge in [-0.3, -0.25) is 9.59 Å². The fourth-order valence-corrected chi connectivity index (χ4v) is 12.8. The maximum Gasteiger partial charge on any atom is 0.187 e. The molecule has 17 heteroatoms. The van der Waals surface area contributed by atoms with E-state index in [-0.39, 0.29) is 46.8 Å². The molecular formula is C46H74O17. The van der Waals surface area contributed by atoms with Crippen molar-refractivity contribution in [2.24, 2.45) is 45.8 Å². The first kappa shape index (κ1) is 49.4. The molecule has 3 saturated heterocycles. The Kier molecular flexibility index (Phi) is 14.8. The van der Waals surface area contributed by atoms with Crippen molar-refractivity contribution in [2.45, 2.75) is 204 Å². The summed E-state index contributed by atoms with van der Waals surface area (Å²) in [5.41, 5.74) is -0.0852. The minimum Gasteiger partial charge on any atom is -0.396 e. The van der Waals surface area contributed by atoms with E-state index in [4.69, 9.17) is 28.4 Å². The van der Waals surface area contributed by atoms with Gasteiger partial charge in [0.05, 0.1) is 24.9 Å². The number of ketones is 2. The van der Waals surface area contributed by atoms with Crippen molar-refractivity contribution in [3.8, 4) is 0 Å². The van der Waals surface area contributed by atoms with Crippen LogP contribution >= 0.6 is 0 Å². The predicted molar refractivity (Wildman–Crippen MR) is 221 cm³/mol. The molecular weight excluding hydrogens is 824 g/mol. The van der Waals surface area contributed by atoms with Crippen LogP contribution in [-0.4, -0.2) is 169 Å². The zero-order valence-electron chi connectivity index (χ0n) is 37.8. The van der Waals surface area contributed by atoms with Crippen molar-refractivity contribution < 1.29 is 84.0 Å². The number of aliphatic hydroxyl groups is 9. The number of Topliss-reactive ketones (excluding diaryl/α,β-unsaturated/α-hetero) is 2. The summed E-state index contributed by atoms with van der Waals surface area (Å²) in [6.45, 7) is 12.7. The largest absolute Gasteiger partial charge is 0.396 e. The second-order valence-corrected chi connectivity index (χ2v) is 20.8. The summed E-state index contributed by atoms with van der Waals surface area (Å²) in [5.74, 6) is 0.537. The molecule has 3 saturated carbocycles. The number of carbonyl (C=O) groups excluding carboxylic acids is 2. The smallest absolute Gasteiger partial charge is 0.187 e. The highest BCUT2D eigenvalue weighted by Crippen LogP contribution is 2.70. The molecule has 3 heterocycles. The van der Waals surface area contributed by atoms with Crippen molar-refractivity contribution in [1.82, 2.24) is 0 Å². The lowest BCUT2D eigenvalue weighted by atomic mass is 9.44. The molecule has 0 bridgehead atoms. The standard InChI is InChI=1S/C46H74O17/c1-20(18-47)8-11-29(49)21(2)46(7)31(50)17-28-26-10-9-24-16-25(12-14-44(24,5)27(26)13-15-45(28,46)6)60-43-40(63-42-37(56)35(54)33(52)23(4)59-42)38(57)39(30(19-48)61-43)62-41-36(55)34(53)32(51)22(3)58-41/h9,20-23,25-28,30,32-43,47-48,51-57H,8,10-19H2,1-7H3/t20-,21-,22?,23?,25?,26-,27+,28+,30?,32+,33+,34?,35?,36?,37?,38?,39-,40?,41+,42+,43-,44+,45+,46-/m1/s1. The first-order valence-electron chi connectivity index (χ1n) is 23.3. The molecule has 24 atom stereocenters. The lowest BCUT2D eigenvalue weighted by molar-refractivity contribution is -0.388. The fraction of sp³-hybridized carbons (Fsp3) is 0.913. The molecule has 6 fully saturated rings. The average Bonchev–Trinajstić information content (AvgIpc) is 3.47. The van der Waals surface area contributed by atoms with Crippen LogP contribution in [0.2, 0.25) is 0 Å². The molecule has 4 aliphatic carbocycles. The Bertz CT molecular complexity index is 1660. The first-order valence-corrected chi connectivity index (χ1v) is 23.3. The molecule has 3 aliphatic heterocycles. The highest BCUT2D eigenvalue weighted by atomic mass is 16.8. The molecule has 10 unspecified atom stereocenters. The predicted octanol–water partition coefficient (Wildman–Crippen LogP) is 0.637. The Morgan fingerprint density at radius 3 is 1.94 bits per heavy atom. The molecule has 0 aromatic heterocycles. The lowest BCUT2D eigenvalue weighted by Gasteiger charge is -2.60. The fourth-order valence-electron chi connectivity index (χ4n) is 12.8. The van der Waals surface area contributed by atoms with Gasteiger partial charge in [0.15, 0.2) is 18.9 Å². The van der Waals surface area contributed by atoms with E-state index in [2.05, 4.69) is 19.9 Å². The molecule has 0 radical (unpaired) electrons. The molecule has 0 aromatic carbocycles. The number of ether oxygens (including phenoxy) is 6. The van der Waals surface area contributed by atoms with Gasteiger partial charge in [-0.2, -0.15) is 0 Å². The number of carbonyl (C=O) groups is 2. The van der Waals surface area contributed by atoms with Gasteiger partial charge >= 0.3 is 0 Å². The molecule has 0 spiro atoms. The van der Waals surface area contributed by atoms with Crippen LogP contribution in [0.1, 0.15) is 106 Å². The quantitative estimate of drug-likeness (QED) is 0.115. The molecule has 360 valence electrons. The van der Waals surface area contributed by atoms with Gasteiger partial charge in [0.2, 0.25) is 0 Å². The minimum absolute atomic E-state index is 0.0209. The number of rotatable bonds is 13. The second-order valence-electron chi connectivity index (χ2n) is 20.8. The van der Waals surface area contributed by atoms with Gasteiger partial charge in [-0.05, 0) is 93.3 Å². The molecule has 7 aliphatic rings. The third-order valence-corrected chi connectivity index (χ3v) is 17.5. The van der Waals surface area contributed by atoms with Crippen LogP contribution in [0.3, 0.4) is 0 Å². The van der Waals surface area contributed by atoms with Crippen molar-refractivity contribution in [1.29, 1.82) is 0 Å². The Morgan fingerprint density at radius 2 is 1.35 bits per heavy atom. The first-order chi connectivity index (χ1) is 29.6. The minimum atomic E-state index is -1.74. The van der Waals surface area contributed by atoms with Gasteiger partial charge in [0.1, 0.15) is 72.6 Å². The van der Waals surface area contributed by atoms with Gasteiger partial charge in [-0.25, -0.2) is 0 Å². The zero-order valence-corrected chi connectivity index (χ0v) is 37.8. The highest BCUT2D eigenvalue weighted by Gasteiger charge is 2.68. The molecule has 0 aromatic rings. The average molecular weight is 899 g/mol. The molecule has 17 nitrogen and oxygen atoms in total. The Morgan fingerprint density at radius 1 is 0.746 bits per heavy atom. The monoisotopic (exact) mass is 898 g/mol. The van der Waals surface area contributed by atoms with Gasteiger partial charge in [-0.15, -0.1) is 0 Å². The Hall–Kier alpha value is -1.52. The van der Waals surface area contributed by atoms with Crippen molar-refractivity contribution in [2.75, 3.05) is 13.2 Å². The number of allylic oxidation sites excluding steroid dienone is 1. The molecule has 0 amide bonds. The summed E-state index contributed by atoms with van der Waals surface area (Å²) in [7, 11) is 0. The van der Waals surface area contributed by atoms with E-state index < -0.39 is 116 Å². The molecule has 7 rings (SSSR count). The van der Waals surface area contributed by atoms with Crippen LogP contribution < -0.4 is 0 Å². The molecule has 9 N–H and O–H groups in total. The van der Waals surface area contributed by atoms with E-state index in [0.717, 1.165) is 25.7 Å². The van der Waals surface area contributed by atoms with Crippen molar-refractivity contribution in [3.05, 3.63) is 11.6 Å². The summed E-state index contributed by atoms with van der Waals surface area (Å²) in [6, 6.07) is 0. The van der Waals surface area contributed by atoms with E-state index in [9.17, 15) is 55.5 Å². The maximum atomic E-state index is 14.2. The van der Waals surface area contributed by atoms with Gasteiger partial charge in [-0.1, -0.05) is 46.3 Å². The summed E-state index contributed by atoms with van der Waals surface area (Å²) in [4.78, 5) is 27.8. The topological polar surface area (TPSA) is 272 Å². The Labute approximate surface area is 370 Å². The summed E-state index contributed by atoms with van der Waals surface area (Å²) in [5, 5.41) is 95.3. The van der Waals surface area contributed by atoms with E-state index in [1.807, 2.05) is 20.8 Å². The number of fused-ring (bicyclic) bond motifs is 5. The Balaban J connectivity index is 1.09. The number of hydrogen-bond donors (Lipinski definition) is 9. The van der Waals surface area contributed by atoms with Crippen LogP contribution in [0.4, 0.5) is 0 Å². The van der Waals surface area contributed by atoms with Gasteiger partial charge < -0.3 is 74.4 Å². The molecule has 63 heavy (non-hydrogen) atoms.